The number of nitrogens with zero attached hydrogens (tertiary/aromatic N) is 3. The number of rotatable bonds is 3. The molecule has 4 nitrogen and oxygen atoms in total. The minimum absolute atomic E-state index is 0.706. The third-order valence-electron chi connectivity index (χ3n) is 5.22. The number of aromatic nitrogens is 2. The van der Waals surface area contributed by atoms with Crippen LogP contribution in [0.15, 0.2) is 42.5 Å². The fourth-order valence-corrected chi connectivity index (χ4v) is 3.71. The molecule has 0 bridgehead atoms. The third kappa shape index (κ3) is 3.39. The Kier molecular flexibility index (Phi) is 4.79. The van der Waals surface area contributed by atoms with Gasteiger partial charge in [-0.15, -0.1) is 0 Å². The van der Waals surface area contributed by atoms with Gasteiger partial charge in [-0.1, -0.05) is 41.4 Å². The zero-order chi connectivity index (χ0) is 18.1. The molecule has 0 spiro atoms. The summed E-state index contributed by atoms with van der Waals surface area (Å²) < 4.78 is 0. The molecule has 1 aliphatic heterocycles. The number of likely N-dealkylation sites (N-methyl/N-ethyl adjacent to an activating group) is 1. The maximum absolute atomic E-state index is 6.24. The van der Waals surface area contributed by atoms with E-state index in [9.17, 15) is 0 Å². The van der Waals surface area contributed by atoms with E-state index < -0.39 is 0 Å². The van der Waals surface area contributed by atoms with Gasteiger partial charge in [0.25, 0.3) is 0 Å². The number of benzene rings is 2. The molecule has 5 heteroatoms. The summed E-state index contributed by atoms with van der Waals surface area (Å²) in [4.78, 5) is 13.8. The van der Waals surface area contributed by atoms with E-state index in [1.54, 1.807) is 4.90 Å². The Hall–Kier alpha value is -2.17. The lowest BCUT2D eigenvalue weighted by Crippen LogP contribution is -3.14. The molecule has 0 aliphatic carbocycles. The second-order valence-electron chi connectivity index (χ2n) is 6.99. The van der Waals surface area contributed by atoms with Crippen molar-refractivity contribution in [2.24, 2.45) is 0 Å². The second kappa shape index (κ2) is 7.22. The van der Waals surface area contributed by atoms with Crippen LogP contribution >= 0.6 is 11.6 Å². The van der Waals surface area contributed by atoms with Crippen molar-refractivity contribution in [1.29, 1.82) is 0 Å². The van der Waals surface area contributed by atoms with Crippen LogP contribution in [0.25, 0.3) is 22.3 Å². The van der Waals surface area contributed by atoms with Gasteiger partial charge in [-0.3, -0.25) is 0 Å². The molecule has 0 unspecified atom stereocenters. The number of nitrogens with one attached hydrogen (secondary N) is 1. The highest BCUT2D eigenvalue weighted by Crippen LogP contribution is 2.29. The van der Waals surface area contributed by atoms with E-state index in [0.717, 1.165) is 54.3 Å². The molecule has 3 aromatic rings. The van der Waals surface area contributed by atoms with Gasteiger partial charge in [0.2, 0.25) is 0 Å². The van der Waals surface area contributed by atoms with Gasteiger partial charge in [-0.25, -0.2) is 9.97 Å². The van der Waals surface area contributed by atoms with Crippen molar-refractivity contribution in [3.8, 4) is 11.4 Å². The number of hydrogen-bond acceptors (Lipinski definition) is 3. The molecule has 0 radical (unpaired) electrons. The fourth-order valence-electron chi connectivity index (χ4n) is 3.55. The van der Waals surface area contributed by atoms with E-state index in [1.165, 1.54) is 12.1 Å². The van der Waals surface area contributed by atoms with Crippen LogP contribution in [0.5, 0.6) is 0 Å². The molecule has 1 saturated heterocycles. The average molecular weight is 368 g/mol. The van der Waals surface area contributed by atoms with Crippen LogP contribution in [0.3, 0.4) is 0 Å². The topological polar surface area (TPSA) is 33.5 Å². The van der Waals surface area contributed by atoms with Crippen LogP contribution in [0.4, 0.5) is 5.82 Å². The first-order valence-electron chi connectivity index (χ1n) is 9.27. The summed E-state index contributed by atoms with van der Waals surface area (Å²) in [7, 11) is 0. The molecule has 0 atom stereocenters. The summed E-state index contributed by atoms with van der Waals surface area (Å²) in [6.45, 7) is 9.86. The normalized spacial score (nSPS) is 15.6. The van der Waals surface area contributed by atoms with Gasteiger partial charge in [0.05, 0.1) is 38.2 Å². The minimum atomic E-state index is 0.706. The Morgan fingerprint density at radius 2 is 1.77 bits per heavy atom. The zero-order valence-corrected chi connectivity index (χ0v) is 16.1. The zero-order valence-electron chi connectivity index (χ0n) is 15.3. The molecule has 0 saturated carbocycles. The van der Waals surface area contributed by atoms with E-state index in [0.29, 0.717) is 5.02 Å². The van der Waals surface area contributed by atoms with Crippen molar-refractivity contribution < 1.29 is 4.90 Å². The first kappa shape index (κ1) is 17.3. The van der Waals surface area contributed by atoms with Gasteiger partial charge in [-0.05, 0) is 32.0 Å². The molecule has 1 fully saturated rings. The van der Waals surface area contributed by atoms with Gasteiger partial charge in [0.15, 0.2) is 5.82 Å². The predicted molar refractivity (Wildman–Crippen MR) is 108 cm³/mol. The molecule has 26 heavy (non-hydrogen) atoms. The monoisotopic (exact) mass is 367 g/mol. The van der Waals surface area contributed by atoms with Gasteiger partial charge >= 0.3 is 0 Å². The van der Waals surface area contributed by atoms with Crippen molar-refractivity contribution >= 4 is 28.3 Å². The maximum atomic E-state index is 6.24. The first-order chi connectivity index (χ1) is 12.6. The number of anilines is 1. The Balaban J connectivity index is 1.81. The standard InChI is InChI=1S/C21H23ClN4/c1-3-25-10-12-26(13-11-25)21-18-9-8-17(22)14-19(18)23-20(24-21)16-6-4-15(2)5-7-16/h4-9,14H,3,10-13H2,1-2H3/p+1. The first-order valence-corrected chi connectivity index (χ1v) is 9.64. The van der Waals surface area contributed by atoms with Crippen molar-refractivity contribution in [2.45, 2.75) is 13.8 Å². The van der Waals surface area contributed by atoms with E-state index >= 15 is 0 Å². The van der Waals surface area contributed by atoms with E-state index in [-0.39, 0.29) is 0 Å². The Bertz CT molecular complexity index is 915. The Labute approximate surface area is 159 Å². The number of quaternary nitrogens is 1. The lowest BCUT2D eigenvalue weighted by Gasteiger charge is -2.33. The molecule has 1 aliphatic rings. The van der Waals surface area contributed by atoms with E-state index in [1.807, 2.05) is 18.2 Å². The molecule has 2 heterocycles. The molecule has 134 valence electrons. The molecular formula is C21H24ClN4+. The molecule has 1 N–H and O–H groups in total. The Morgan fingerprint density at radius 1 is 1.04 bits per heavy atom. The highest BCUT2D eigenvalue weighted by atomic mass is 35.5. The SMILES string of the molecule is CC[NH+]1CCN(c2nc(-c3ccc(C)cc3)nc3cc(Cl)ccc23)CC1. The fraction of sp³-hybridized carbons (Fsp3) is 0.333. The summed E-state index contributed by atoms with van der Waals surface area (Å²) in [5, 5.41) is 1.78. The van der Waals surface area contributed by atoms with Crippen LogP contribution in [0.1, 0.15) is 12.5 Å². The van der Waals surface area contributed by atoms with Crippen LogP contribution in [-0.4, -0.2) is 42.7 Å². The van der Waals surface area contributed by atoms with Crippen molar-refractivity contribution in [3.63, 3.8) is 0 Å². The predicted octanol–water partition coefficient (Wildman–Crippen LogP) is 2.98. The highest BCUT2D eigenvalue weighted by molar-refractivity contribution is 6.31. The summed E-state index contributed by atoms with van der Waals surface area (Å²) in [5.41, 5.74) is 3.18. The third-order valence-corrected chi connectivity index (χ3v) is 5.45. The number of fused-ring (bicyclic) bond motifs is 1. The molecule has 0 amide bonds. The second-order valence-corrected chi connectivity index (χ2v) is 7.43. The van der Waals surface area contributed by atoms with Gasteiger partial charge in [0, 0.05) is 16.0 Å². The molecule has 1 aromatic heterocycles. The van der Waals surface area contributed by atoms with Gasteiger partial charge in [-0.2, -0.15) is 0 Å². The summed E-state index contributed by atoms with van der Waals surface area (Å²) in [5.74, 6) is 1.79. The Morgan fingerprint density at radius 3 is 2.46 bits per heavy atom. The summed E-state index contributed by atoms with van der Waals surface area (Å²) in [6, 6.07) is 14.3. The van der Waals surface area contributed by atoms with Crippen molar-refractivity contribution in [1.82, 2.24) is 9.97 Å². The van der Waals surface area contributed by atoms with Crippen LogP contribution in [0, 0.1) is 6.92 Å². The van der Waals surface area contributed by atoms with Crippen LogP contribution < -0.4 is 9.80 Å². The average Bonchev–Trinajstić information content (AvgIpc) is 2.67. The number of piperazine rings is 1. The van der Waals surface area contributed by atoms with Gasteiger partial charge < -0.3 is 9.80 Å². The molecule has 2 aromatic carbocycles. The maximum Gasteiger partial charge on any atom is 0.162 e. The molecular weight excluding hydrogens is 344 g/mol. The highest BCUT2D eigenvalue weighted by Gasteiger charge is 2.22. The van der Waals surface area contributed by atoms with Crippen LogP contribution in [0.2, 0.25) is 5.02 Å². The largest absolute Gasteiger partial charge is 0.345 e. The number of aryl methyl sites for hydroxylation is 1. The smallest absolute Gasteiger partial charge is 0.162 e. The lowest BCUT2D eigenvalue weighted by molar-refractivity contribution is -0.898. The molecule has 4 rings (SSSR count). The lowest BCUT2D eigenvalue weighted by atomic mass is 10.1. The van der Waals surface area contributed by atoms with Crippen molar-refractivity contribution in [2.75, 3.05) is 37.6 Å². The van der Waals surface area contributed by atoms with Crippen LogP contribution in [-0.2, 0) is 0 Å². The summed E-state index contributed by atoms with van der Waals surface area (Å²) in [6.07, 6.45) is 0. The number of halogens is 1. The van der Waals surface area contributed by atoms with E-state index in [4.69, 9.17) is 21.6 Å². The van der Waals surface area contributed by atoms with Gasteiger partial charge in [0.1, 0.15) is 5.82 Å². The van der Waals surface area contributed by atoms with Crippen molar-refractivity contribution in [3.05, 3.63) is 53.1 Å². The van der Waals surface area contributed by atoms with E-state index in [2.05, 4.69) is 43.0 Å². The minimum Gasteiger partial charge on any atom is -0.345 e. The number of hydrogen-bond donors (Lipinski definition) is 1. The quantitative estimate of drug-likeness (QED) is 0.772. The summed E-state index contributed by atoms with van der Waals surface area (Å²) >= 11 is 6.24.